The maximum absolute atomic E-state index is 13.6. The van der Waals surface area contributed by atoms with Gasteiger partial charge in [0.25, 0.3) is 0 Å². The Morgan fingerprint density at radius 1 is 1.37 bits per heavy atom. The van der Waals surface area contributed by atoms with Crippen molar-refractivity contribution in [2.45, 2.75) is 20.0 Å². The number of hydrogen-bond donors (Lipinski definition) is 1. The van der Waals surface area contributed by atoms with Gasteiger partial charge < -0.3 is 14.7 Å². The van der Waals surface area contributed by atoms with Crippen molar-refractivity contribution in [3.05, 3.63) is 35.6 Å². The van der Waals surface area contributed by atoms with Gasteiger partial charge in [-0.15, -0.1) is 0 Å². The number of rotatable bonds is 8. The number of likely N-dealkylation sites (N-methyl/N-ethyl adjacent to an activating group) is 1. The van der Waals surface area contributed by atoms with Gasteiger partial charge in [0.2, 0.25) is 0 Å². The van der Waals surface area contributed by atoms with Crippen LogP contribution in [0.15, 0.2) is 24.3 Å². The normalized spacial score (nSPS) is 14.6. The van der Waals surface area contributed by atoms with Crippen LogP contribution in [0.4, 0.5) is 4.39 Å². The molecule has 0 heterocycles. The van der Waals surface area contributed by atoms with Gasteiger partial charge in [0.05, 0.1) is 12.7 Å². The van der Waals surface area contributed by atoms with E-state index in [0.717, 1.165) is 6.54 Å². The third kappa shape index (κ3) is 5.27. The van der Waals surface area contributed by atoms with Crippen molar-refractivity contribution in [2.75, 3.05) is 33.4 Å². The van der Waals surface area contributed by atoms with Crippen LogP contribution >= 0.6 is 0 Å². The molecule has 4 heteroatoms. The second-order valence-electron chi connectivity index (χ2n) is 4.90. The molecule has 0 radical (unpaired) electrons. The molecule has 1 aromatic carbocycles. The average Bonchev–Trinajstić information content (AvgIpc) is 2.38. The van der Waals surface area contributed by atoms with Crippen molar-refractivity contribution < 1.29 is 14.2 Å². The number of halogens is 1. The van der Waals surface area contributed by atoms with Crippen LogP contribution in [-0.2, 0) is 4.74 Å². The van der Waals surface area contributed by atoms with E-state index in [4.69, 9.17) is 4.74 Å². The Morgan fingerprint density at radius 3 is 2.68 bits per heavy atom. The molecule has 0 bridgehead atoms. The van der Waals surface area contributed by atoms with E-state index >= 15 is 0 Å². The van der Waals surface area contributed by atoms with Crippen LogP contribution < -0.4 is 0 Å². The van der Waals surface area contributed by atoms with Gasteiger partial charge in [0.15, 0.2) is 0 Å². The summed E-state index contributed by atoms with van der Waals surface area (Å²) >= 11 is 0. The van der Waals surface area contributed by atoms with E-state index in [2.05, 4.69) is 4.90 Å². The summed E-state index contributed by atoms with van der Waals surface area (Å²) in [6.45, 7) is 6.78. The molecule has 19 heavy (non-hydrogen) atoms. The molecule has 1 aromatic rings. The van der Waals surface area contributed by atoms with Crippen LogP contribution in [0, 0.1) is 11.7 Å². The fourth-order valence-corrected chi connectivity index (χ4v) is 2.07. The molecule has 1 N–H and O–H groups in total. The molecular formula is C15H24FNO2. The molecule has 2 unspecified atom stereocenters. The minimum atomic E-state index is -0.782. The standard InChI is InChI=1S/C15H24FNO2/c1-4-19-10-9-17(3)11-12(2)15(18)13-7-5-6-8-14(13)16/h5-8,12,15,18H,4,9-11H2,1-3H3. The van der Waals surface area contributed by atoms with Crippen LogP contribution in [0.1, 0.15) is 25.5 Å². The number of nitrogens with zero attached hydrogens (tertiary/aromatic N) is 1. The van der Waals surface area contributed by atoms with E-state index in [0.29, 0.717) is 25.3 Å². The Labute approximate surface area is 115 Å². The fraction of sp³-hybridized carbons (Fsp3) is 0.600. The number of benzene rings is 1. The van der Waals surface area contributed by atoms with Crippen LogP contribution in [0.2, 0.25) is 0 Å². The van der Waals surface area contributed by atoms with E-state index in [1.807, 2.05) is 20.9 Å². The number of aliphatic hydroxyl groups is 1. The third-order valence-corrected chi connectivity index (χ3v) is 3.18. The first-order valence-corrected chi connectivity index (χ1v) is 6.75. The van der Waals surface area contributed by atoms with Crippen molar-refractivity contribution >= 4 is 0 Å². The second kappa shape index (κ2) is 8.25. The van der Waals surface area contributed by atoms with Crippen molar-refractivity contribution in [3.8, 4) is 0 Å². The summed E-state index contributed by atoms with van der Waals surface area (Å²) in [6.07, 6.45) is -0.782. The zero-order valence-electron chi connectivity index (χ0n) is 12.0. The molecule has 0 aromatic heterocycles. The predicted octanol–water partition coefficient (Wildman–Crippen LogP) is 2.46. The Kier molecular flexibility index (Phi) is 6.99. The van der Waals surface area contributed by atoms with Crippen LogP contribution in [0.25, 0.3) is 0 Å². The fourth-order valence-electron chi connectivity index (χ4n) is 2.07. The van der Waals surface area contributed by atoms with Crippen LogP contribution in [0.5, 0.6) is 0 Å². The van der Waals surface area contributed by atoms with Gasteiger partial charge in [-0.1, -0.05) is 25.1 Å². The molecule has 0 saturated carbocycles. The number of aliphatic hydroxyl groups excluding tert-OH is 1. The lowest BCUT2D eigenvalue weighted by Gasteiger charge is -2.25. The average molecular weight is 269 g/mol. The van der Waals surface area contributed by atoms with E-state index in [1.165, 1.54) is 6.07 Å². The van der Waals surface area contributed by atoms with Gasteiger partial charge in [-0.25, -0.2) is 4.39 Å². The zero-order valence-corrected chi connectivity index (χ0v) is 12.0. The van der Waals surface area contributed by atoms with E-state index < -0.39 is 6.10 Å². The van der Waals surface area contributed by atoms with Crippen molar-refractivity contribution in [2.24, 2.45) is 5.92 Å². The van der Waals surface area contributed by atoms with Gasteiger partial charge in [0.1, 0.15) is 5.82 Å². The van der Waals surface area contributed by atoms with E-state index in [-0.39, 0.29) is 11.7 Å². The minimum absolute atomic E-state index is 0.0384. The van der Waals surface area contributed by atoms with E-state index in [9.17, 15) is 9.50 Å². The predicted molar refractivity (Wildman–Crippen MR) is 74.5 cm³/mol. The molecule has 0 aliphatic rings. The first kappa shape index (κ1) is 16.1. The summed E-state index contributed by atoms with van der Waals surface area (Å²) in [5, 5.41) is 10.2. The largest absolute Gasteiger partial charge is 0.388 e. The number of ether oxygens (including phenoxy) is 1. The first-order chi connectivity index (χ1) is 9.06. The molecule has 0 aliphatic heterocycles. The summed E-state index contributed by atoms with van der Waals surface area (Å²) in [4.78, 5) is 2.09. The molecule has 0 amide bonds. The smallest absolute Gasteiger partial charge is 0.129 e. The van der Waals surface area contributed by atoms with Gasteiger partial charge >= 0.3 is 0 Å². The Bertz CT molecular complexity index is 373. The molecule has 108 valence electrons. The summed E-state index contributed by atoms with van der Waals surface area (Å²) < 4.78 is 18.9. The highest BCUT2D eigenvalue weighted by atomic mass is 19.1. The van der Waals surface area contributed by atoms with E-state index in [1.54, 1.807) is 18.2 Å². The molecule has 0 aliphatic carbocycles. The first-order valence-electron chi connectivity index (χ1n) is 6.75. The monoisotopic (exact) mass is 269 g/mol. The summed E-state index contributed by atoms with van der Waals surface area (Å²) in [7, 11) is 1.98. The molecule has 1 rings (SSSR count). The SMILES string of the molecule is CCOCCN(C)CC(C)C(O)c1ccccc1F. The molecule has 2 atom stereocenters. The minimum Gasteiger partial charge on any atom is -0.388 e. The van der Waals surface area contributed by atoms with Crippen molar-refractivity contribution in [1.82, 2.24) is 4.90 Å². The lowest BCUT2D eigenvalue weighted by atomic mass is 9.96. The van der Waals surface area contributed by atoms with Crippen LogP contribution in [0.3, 0.4) is 0 Å². The Balaban J connectivity index is 2.48. The van der Waals surface area contributed by atoms with Gasteiger partial charge in [-0.2, -0.15) is 0 Å². The number of hydrogen-bond acceptors (Lipinski definition) is 3. The molecular weight excluding hydrogens is 245 g/mol. The van der Waals surface area contributed by atoms with Crippen LogP contribution in [-0.4, -0.2) is 43.4 Å². The van der Waals surface area contributed by atoms with Crippen molar-refractivity contribution in [1.29, 1.82) is 0 Å². The molecule has 3 nitrogen and oxygen atoms in total. The second-order valence-corrected chi connectivity index (χ2v) is 4.90. The zero-order chi connectivity index (χ0) is 14.3. The highest BCUT2D eigenvalue weighted by Crippen LogP contribution is 2.24. The lowest BCUT2D eigenvalue weighted by molar-refractivity contribution is 0.0758. The molecule has 0 fully saturated rings. The topological polar surface area (TPSA) is 32.7 Å². The molecule has 0 saturated heterocycles. The van der Waals surface area contributed by atoms with Gasteiger partial charge in [0, 0.05) is 25.3 Å². The summed E-state index contributed by atoms with van der Waals surface area (Å²) in [5.41, 5.74) is 0.369. The van der Waals surface area contributed by atoms with Gasteiger partial charge in [-0.05, 0) is 26.0 Å². The quantitative estimate of drug-likeness (QED) is 0.736. The maximum Gasteiger partial charge on any atom is 0.129 e. The maximum atomic E-state index is 13.6. The third-order valence-electron chi connectivity index (χ3n) is 3.18. The van der Waals surface area contributed by atoms with Crippen molar-refractivity contribution in [3.63, 3.8) is 0 Å². The lowest BCUT2D eigenvalue weighted by Crippen LogP contribution is -2.30. The highest BCUT2D eigenvalue weighted by Gasteiger charge is 2.20. The highest BCUT2D eigenvalue weighted by molar-refractivity contribution is 5.20. The Hall–Kier alpha value is -0.970. The van der Waals surface area contributed by atoms with Gasteiger partial charge in [-0.3, -0.25) is 0 Å². The molecule has 0 spiro atoms. The Morgan fingerprint density at radius 2 is 2.05 bits per heavy atom. The summed E-state index contributed by atoms with van der Waals surface area (Å²) in [6, 6.07) is 6.39. The summed E-state index contributed by atoms with van der Waals surface area (Å²) in [5.74, 6) is -0.387.